The quantitative estimate of drug-likeness (QED) is 0.803. The Morgan fingerprint density at radius 2 is 1.88 bits per heavy atom. The highest BCUT2D eigenvalue weighted by molar-refractivity contribution is 5.92. The van der Waals surface area contributed by atoms with Gasteiger partial charge in [-0.15, -0.1) is 0 Å². The monoisotopic (exact) mass is 340 g/mol. The molecule has 0 N–H and O–H groups in total. The molecule has 0 bridgehead atoms. The second-order valence-corrected chi connectivity index (χ2v) is 6.04. The van der Waals surface area contributed by atoms with Crippen molar-refractivity contribution in [2.45, 2.75) is 13.3 Å². The molecule has 1 amide bonds. The molecule has 0 saturated carbocycles. The summed E-state index contributed by atoms with van der Waals surface area (Å²) in [5.74, 6) is 0.397. The maximum Gasteiger partial charge on any atom is 0.272 e. The molecule has 6 heteroatoms. The van der Waals surface area contributed by atoms with Crippen LogP contribution in [0.4, 0.5) is 0 Å². The summed E-state index contributed by atoms with van der Waals surface area (Å²) in [7, 11) is 0. The second-order valence-electron chi connectivity index (χ2n) is 6.04. The van der Waals surface area contributed by atoms with Crippen molar-refractivity contribution < 1.29 is 9.53 Å². The van der Waals surface area contributed by atoms with Gasteiger partial charge < -0.3 is 9.64 Å². The van der Waals surface area contributed by atoms with Crippen LogP contribution in [0.15, 0.2) is 42.7 Å². The van der Waals surface area contributed by atoms with Gasteiger partial charge in [0.25, 0.3) is 5.91 Å². The summed E-state index contributed by atoms with van der Waals surface area (Å²) >= 11 is 0. The fourth-order valence-corrected chi connectivity index (χ4v) is 2.95. The van der Waals surface area contributed by atoms with E-state index in [-0.39, 0.29) is 5.91 Å². The highest BCUT2D eigenvalue weighted by Crippen LogP contribution is 2.12. The molecule has 0 atom stereocenters. The van der Waals surface area contributed by atoms with E-state index < -0.39 is 0 Å². The molecule has 0 spiro atoms. The molecule has 132 valence electrons. The van der Waals surface area contributed by atoms with Gasteiger partial charge in [0, 0.05) is 38.8 Å². The fraction of sp³-hybridized carbons (Fsp3) is 0.421. The molecule has 25 heavy (non-hydrogen) atoms. The van der Waals surface area contributed by atoms with Crippen molar-refractivity contribution in [3.05, 3.63) is 54.0 Å². The molecule has 1 aliphatic rings. The Bertz CT molecular complexity index is 685. The third-order valence-electron chi connectivity index (χ3n) is 4.37. The fourth-order valence-electron chi connectivity index (χ4n) is 2.95. The number of aromatic nitrogens is 2. The van der Waals surface area contributed by atoms with Crippen molar-refractivity contribution in [1.29, 1.82) is 0 Å². The van der Waals surface area contributed by atoms with Crippen LogP contribution in [-0.2, 0) is 6.42 Å². The van der Waals surface area contributed by atoms with Crippen LogP contribution in [0.25, 0.3) is 0 Å². The Morgan fingerprint density at radius 1 is 1.12 bits per heavy atom. The molecule has 0 aliphatic carbocycles. The van der Waals surface area contributed by atoms with Gasteiger partial charge in [-0.25, -0.2) is 9.97 Å². The molecule has 3 rings (SSSR count). The average molecular weight is 340 g/mol. The summed E-state index contributed by atoms with van der Waals surface area (Å²) in [4.78, 5) is 25.0. The molecule has 2 aromatic rings. The lowest BCUT2D eigenvalue weighted by atomic mass is 10.1. The lowest BCUT2D eigenvalue weighted by Crippen LogP contribution is -2.49. The third-order valence-corrected chi connectivity index (χ3v) is 4.37. The molecule has 1 saturated heterocycles. The molecular formula is C19H24N4O2. The normalized spacial score (nSPS) is 15.2. The number of amides is 1. The number of hydrogen-bond donors (Lipinski definition) is 0. The Kier molecular flexibility index (Phi) is 5.95. The predicted molar refractivity (Wildman–Crippen MR) is 95.7 cm³/mol. The minimum Gasteiger partial charge on any atom is -0.478 e. The van der Waals surface area contributed by atoms with E-state index in [1.54, 1.807) is 6.07 Å². The molecule has 0 radical (unpaired) electrons. The van der Waals surface area contributed by atoms with Gasteiger partial charge in [-0.05, 0) is 18.9 Å². The van der Waals surface area contributed by atoms with E-state index >= 15 is 0 Å². The number of rotatable bonds is 6. The van der Waals surface area contributed by atoms with Gasteiger partial charge in [-0.1, -0.05) is 30.3 Å². The Hall–Kier alpha value is -2.47. The lowest BCUT2D eigenvalue weighted by Gasteiger charge is -2.34. The summed E-state index contributed by atoms with van der Waals surface area (Å²) in [6.07, 6.45) is 2.42. The van der Waals surface area contributed by atoms with Gasteiger partial charge in [-0.2, -0.15) is 0 Å². The van der Waals surface area contributed by atoms with Crippen LogP contribution < -0.4 is 4.74 Å². The number of carbonyl (C=O) groups is 1. The number of hydrogen-bond acceptors (Lipinski definition) is 5. The lowest BCUT2D eigenvalue weighted by molar-refractivity contribution is 0.0632. The smallest absolute Gasteiger partial charge is 0.272 e. The van der Waals surface area contributed by atoms with Crippen LogP contribution in [0.3, 0.4) is 0 Å². The highest BCUT2D eigenvalue weighted by Gasteiger charge is 2.23. The van der Waals surface area contributed by atoms with Crippen LogP contribution in [0, 0.1) is 0 Å². The van der Waals surface area contributed by atoms with Crippen LogP contribution in [0.2, 0.25) is 0 Å². The first-order chi connectivity index (χ1) is 12.3. The molecular weight excluding hydrogens is 316 g/mol. The number of benzene rings is 1. The van der Waals surface area contributed by atoms with Crippen LogP contribution >= 0.6 is 0 Å². The molecule has 1 aromatic carbocycles. The first kappa shape index (κ1) is 17.4. The summed E-state index contributed by atoms with van der Waals surface area (Å²) in [6, 6.07) is 12.1. The van der Waals surface area contributed by atoms with E-state index in [1.807, 2.05) is 17.9 Å². The predicted octanol–water partition coefficient (Wildman–Crippen LogP) is 1.88. The molecule has 0 unspecified atom stereocenters. The molecule has 2 heterocycles. The van der Waals surface area contributed by atoms with Crippen molar-refractivity contribution in [3.8, 4) is 5.88 Å². The molecule has 1 aliphatic heterocycles. The number of carbonyl (C=O) groups excluding carboxylic acids is 1. The van der Waals surface area contributed by atoms with Crippen molar-refractivity contribution >= 4 is 5.91 Å². The summed E-state index contributed by atoms with van der Waals surface area (Å²) < 4.78 is 5.34. The number of piperazine rings is 1. The van der Waals surface area contributed by atoms with Gasteiger partial charge in [0.2, 0.25) is 5.88 Å². The minimum atomic E-state index is -0.0499. The summed E-state index contributed by atoms with van der Waals surface area (Å²) in [6.45, 7) is 6.66. The van der Waals surface area contributed by atoms with E-state index in [2.05, 4.69) is 39.1 Å². The zero-order chi connectivity index (χ0) is 17.5. The molecule has 1 aromatic heterocycles. The zero-order valence-corrected chi connectivity index (χ0v) is 14.6. The van der Waals surface area contributed by atoms with Crippen LogP contribution in [0.5, 0.6) is 5.88 Å². The highest BCUT2D eigenvalue weighted by atomic mass is 16.5. The summed E-state index contributed by atoms with van der Waals surface area (Å²) in [5, 5.41) is 0. The van der Waals surface area contributed by atoms with Gasteiger partial charge in [0.15, 0.2) is 0 Å². The molecule has 1 fully saturated rings. The van der Waals surface area contributed by atoms with E-state index in [9.17, 15) is 4.79 Å². The number of ether oxygens (including phenoxy) is 1. The van der Waals surface area contributed by atoms with Crippen LogP contribution in [0.1, 0.15) is 23.0 Å². The molecule has 6 nitrogen and oxygen atoms in total. The maximum atomic E-state index is 12.6. The van der Waals surface area contributed by atoms with Crippen molar-refractivity contribution in [3.63, 3.8) is 0 Å². The number of nitrogens with zero attached hydrogens (tertiary/aromatic N) is 4. The minimum absolute atomic E-state index is 0.0499. The van der Waals surface area contributed by atoms with Gasteiger partial charge in [-0.3, -0.25) is 9.69 Å². The van der Waals surface area contributed by atoms with Crippen molar-refractivity contribution in [2.75, 3.05) is 39.3 Å². The summed E-state index contributed by atoms with van der Waals surface area (Å²) in [5.41, 5.74) is 1.75. The van der Waals surface area contributed by atoms with Crippen molar-refractivity contribution in [2.24, 2.45) is 0 Å². The first-order valence-corrected chi connectivity index (χ1v) is 8.76. The van der Waals surface area contributed by atoms with Gasteiger partial charge in [0.1, 0.15) is 12.0 Å². The van der Waals surface area contributed by atoms with Gasteiger partial charge >= 0.3 is 0 Å². The maximum absolute atomic E-state index is 12.6. The van der Waals surface area contributed by atoms with E-state index in [0.717, 1.165) is 39.1 Å². The Balaban J connectivity index is 1.50. The average Bonchev–Trinajstić information content (AvgIpc) is 2.67. The second kappa shape index (κ2) is 8.58. The zero-order valence-electron chi connectivity index (χ0n) is 14.6. The Labute approximate surface area is 148 Å². The third kappa shape index (κ3) is 4.76. The van der Waals surface area contributed by atoms with E-state index in [1.165, 1.54) is 11.9 Å². The largest absolute Gasteiger partial charge is 0.478 e. The van der Waals surface area contributed by atoms with E-state index in [4.69, 9.17) is 4.74 Å². The van der Waals surface area contributed by atoms with E-state index in [0.29, 0.717) is 18.2 Å². The first-order valence-electron chi connectivity index (χ1n) is 8.76. The topological polar surface area (TPSA) is 58.6 Å². The van der Waals surface area contributed by atoms with Gasteiger partial charge in [0.05, 0.1) is 6.61 Å². The van der Waals surface area contributed by atoms with Crippen molar-refractivity contribution in [1.82, 2.24) is 19.8 Å². The SMILES string of the molecule is CCOc1cc(C(=O)N2CCN(CCc3ccccc3)CC2)ncn1. The van der Waals surface area contributed by atoms with Crippen LogP contribution in [-0.4, -0.2) is 65.0 Å². The Morgan fingerprint density at radius 3 is 2.60 bits per heavy atom. The standard InChI is InChI=1S/C19H24N4O2/c1-2-25-18-14-17(20-15-21-18)19(24)23-12-10-22(11-13-23)9-8-16-6-4-3-5-7-16/h3-7,14-15H,2,8-13H2,1H3.